The Morgan fingerprint density at radius 2 is 1.88 bits per heavy atom. The van der Waals surface area contributed by atoms with Crippen molar-refractivity contribution in [1.82, 2.24) is 0 Å². The summed E-state index contributed by atoms with van der Waals surface area (Å²) in [5.74, 6) is -1.66. The Hall–Kier alpha value is -1.84. The molecule has 4 heteroatoms. The molecule has 0 bridgehead atoms. The van der Waals surface area contributed by atoms with Gasteiger partial charge in [-0.25, -0.2) is 0 Å². The van der Waals surface area contributed by atoms with Gasteiger partial charge in [-0.1, -0.05) is 6.92 Å². The highest BCUT2D eigenvalue weighted by atomic mass is 16.3. The van der Waals surface area contributed by atoms with E-state index in [0.717, 1.165) is 0 Å². The minimum absolute atomic E-state index is 0.0475. The average Bonchev–Trinajstić information content (AvgIpc) is 2.26. The van der Waals surface area contributed by atoms with Crippen molar-refractivity contribution in [3.05, 3.63) is 23.3 Å². The van der Waals surface area contributed by atoms with Gasteiger partial charge in [0.05, 0.1) is 5.56 Å². The summed E-state index contributed by atoms with van der Waals surface area (Å²) >= 11 is 0. The molecule has 0 spiro atoms. The van der Waals surface area contributed by atoms with Gasteiger partial charge < -0.3 is 10.2 Å². The van der Waals surface area contributed by atoms with Gasteiger partial charge in [-0.15, -0.1) is 0 Å². The number of Topliss-reactive ketones (excluding diaryl/α,β-unsaturated/α-hetero) is 2. The predicted molar refractivity (Wildman–Crippen MR) is 58.8 cm³/mol. The summed E-state index contributed by atoms with van der Waals surface area (Å²) < 4.78 is 0. The Bertz CT molecular complexity index is 435. The van der Waals surface area contributed by atoms with Gasteiger partial charge in [-0.2, -0.15) is 0 Å². The lowest BCUT2D eigenvalue weighted by atomic mass is 10.0. The molecule has 1 aromatic carbocycles. The Kier molecular flexibility index (Phi) is 3.66. The second-order valence-electron chi connectivity index (χ2n) is 3.61. The van der Waals surface area contributed by atoms with Crippen LogP contribution in [0.5, 0.6) is 11.5 Å². The smallest absolute Gasteiger partial charge is 0.232 e. The summed E-state index contributed by atoms with van der Waals surface area (Å²) in [6.45, 7) is 3.28. The van der Waals surface area contributed by atoms with Crippen LogP contribution >= 0.6 is 0 Å². The number of carbonyl (C=O) groups is 2. The van der Waals surface area contributed by atoms with E-state index in [4.69, 9.17) is 0 Å². The molecule has 0 aliphatic carbocycles. The summed E-state index contributed by atoms with van der Waals surface area (Å²) in [5, 5.41) is 18.9. The maximum Gasteiger partial charge on any atom is 0.232 e. The highest BCUT2D eigenvalue weighted by Crippen LogP contribution is 2.29. The maximum atomic E-state index is 11.6. The van der Waals surface area contributed by atoms with Gasteiger partial charge in [0.2, 0.25) is 11.6 Å². The Balaban J connectivity index is 3.10. The maximum absolute atomic E-state index is 11.6. The van der Waals surface area contributed by atoms with E-state index in [9.17, 15) is 19.8 Å². The van der Waals surface area contributed by atoms with Crippen molar-refractivity contribution in [3.8, 4) is 11.5 Å². The lowest BCUT2D eigenvalue weighted by Gasteiger charge is -2.06. The monoisotopic (exact) mass is 222 g/mol. The average molecular weight is 222 g/mol. The molecule has 0 aliphatic rings. The molecule has 16 heavy (non-hydrogen) atoms. The molecule has 0 aromatic heterocycles. The van der Waals surface area contributed by atoms with Crippen molar-refractivity contribution in [2.24, 2.45) is 0 Å². The Morgan fingerprint density at radius 3 is 2.44 bits per heavy atom. The van der Waals surface area contributed by atoms with E-state index >= 15 is 0 Å². The quantitative estimate of drug-likeness (QED) is 0.603. The SMILES string of the molecule is CCCC(=O)C(=O)c1ccc(O)c(C)c1O. The first-order chi connectivity index (χ1) is 7.49. The number of hydrogen-bond acceptors (Lipinski definition) is 4. The molecule has 0 unspecified atom stereocenters. The van der Waals surface area contributed by atoms with Gasteiger partial charge in [0.1, 0.15) is 11.5 Å². The summed E-state index contributed by atoms with van der Waals surface area (Å²) in [5.41, 5.74) is 0.156. The zero-order chi connectivity index (χ0) is 12.3. The number of ketones is 2. The molecule has 0 amide bonds. The van der Waals surface area contributed by atoms with Crippen LogP contribution in [0.15, 0.2) is 12.1 Å². The third-order valence-electron chi connectivity index (χ3n) is 2.38. The first-order valence-electron chi connectivity index (χ1n) is 5.08. The second-order valence-corrected chi connectivity index (χ2v) is 3.61. The summed E-state index contributed by atoms with van der Waals surface area (Å²) in [4.78, 5) is 23.0. The van der Waals surface area contributed by atoms with E-state index in [1.807, 2.05) is 0 Å². The van der Waals surface area contributed by atoms with Crippen molar-refractivity contribution in [3.63, 3.8) is 0 Å². The number of phenolic OH excluding ortho intramolecular Hbond substituents is 2. The number of hydrogen-bond donors (Lipinski definition) is 2. The van der Waals surface area contributed by atoms with Gasteiger partial charge >= 0.3 is 0 Å². The van der Waals surface area contributed by atoms with Crippen LogP contribution in [0.25, 0.3) is 0 Å². The predicted octanol–water partition coefficient (Wildman–Crippen LogP) is 1.96. The molecule has 1 aromatic rings. The number of benzene rings is 1. The topological polar surface area (TPSA) is 74.6 Å². The van der Waals surface area contributed by atoms with Crippen molar-refractivity contribution in [2.45, 2.75) is 26.7 Å². The largest absolute Gasteiger partial charge is 0.508 e. The van der Waals surface area contributed by atoms with Gasteiger partial charge in [-0.3, -0.25) is 9.59 Å². The van der Waals surface area contributed by atoms with E-state index in [2.05, 4.69) is 0 Å². The van der Waals surface area contributed by atoms with Crippen molar-refractivity contribution in [2.75, 3.05) is 0 Å². The van der Waals surface area contributed by atoms with Crippen LogP contribution in [0.2, 0.25) is 0 Å². The van der Waals surface area contributed by atoms with Gasteiger partial charge in [-0.05, 0) is 25.5 Å². The van der Waals surface area contributed by atoms with Crippen molar-refractivity contribution in [1.29, 1.82) is 0 Å². The molecular weight excluding hydrogens is 208 g/mol. The summed E-state index contributed by atoms with van der Waals surface area (Å²) in [7, 11) is 0. The molecular formula is C12H14O4. The van der Waals surface area contributed by atoms with E-state index in [1.165, 1.54) is 19.1 Å². The molecule has 4 nitrogen and oxygen atoms in total. The highest BCUT2D eigenvalue weighted by Gasteiger charge is 2.20. The van der Waals surface area contributed by atoms with E-state index in [0.29, 0.717) is 6.42 Å². The van der Waals surface area contributed by atoms with Crippen LogP contribution in [0.4, 0.5) is 0 Å². The fourth-order valence-electron chi connectivity index (χ4n) is 1.36. The van der Waals surface area contributed by atoms with Crippen molar-refractivity contribution >= 4 is 11.6 Å². The van der Waals surface area contributed by atoms with E-state index in [1.54, 1.807) is 6.92 Å². The fourth-order valence-corrected chi connectivity index (χ4v) is 1.36. The summed E-state index contributed by atoms with van der Waals surface area (Å²) in [6.07, 6.45) is 0.751. The van der Waals surface area contributed by atoms with Crippen molar-refractivity contribution < 1.29 is 19.8 Å². The van der Waals surface area contributed by atoms with Crippen LogP contribution in [-0.4, -0.2) is 21.8 Å². The molecule has 0 heterocycles. The standard InChI is InChI=1S/C12H14O4/c1-3-4-10(14)12(16)8-5-6-9(13)7(2)11(8)15/h5-6,13,15H,3-4H2,1-2H3. The lowest BCUT2D eigenvalue weighted by Crippen LogP contribution is -2.14. The van der Waals surface area contributed by atoms with E-state index in [-0.39, 0.29) is 29.0 Å². The number of phenols is 2. The Morgan fingerprint density at radius 1 is 1.25 bits per heavy atom. The minimum atomic E-state index is -0.706. The number of rotatable bonds is 4. The van der Waals surface area contributed by atoms with Crippen LogP contribution < -0.4 is 0 Å². The van der Waals surface area contributed by atoms with Gasteiger partial charge in [0, 0.05) is 12.0 Å². The first-order valence-corrected chi connectivity index (χ1v) is 5.08. The number of aromatic hydroxyl groups is 2. The highest BCUT2D eigenvalue weighted by molar-refractivity contribution is 6.44. The molecule has 0 atom stereocenters. The molecule has 0 radical (unpaired) electrons. The zero-order valence-electron chi connectivity index (χ0n) is 9.28. The third-order valence-corrected chi connectivity index (χ3v) is 2.38. The molecule has 0 fully saturated rings. The molecule has 2 N–H and O–H groups in total. The Labute approximate surface area is 93.5 Å². The number of carbonyl (C=O) groups excluding carboxylic acids is 2. The summed E-state index contributed by atoms with van der Waals surface area (Å²) in [6, 6.07) is 2.55. The van der Waals surface area contributed by atoms with E-state index < -0.39 is 11.6 Å². The molecule has 1 rings (SSSR count). The lowest BCUT2D eigenvalue weighted by molar-refractivity contribution is -0.115. The molecule has 86 valence electrons. The molecule has 0 aliphatic heterocycles. The zero-order valence-corrected chi connectivity index (χ0v) is 9.28. The normalized spacial score (nSPS) is 10.1. The third kappa shape index (κ3) is 2.21. The fraction of sp³-hybridized carbons (Fsp3) is 0.333. The van der Waals surface area contributed by atoms with Crippen LogP contribution in [0, 0.1) is 6.92 Å². The van der Waals surface area contributed by atoms with Gasteiger partial charge in [0.15, 0.2) is 0 Å². The van der Waals surface area contributed by atoms with Crippen LogP contribution in [0.3, 0.4) is 0 Å². The van der Waals surface area contributed by atoms with Crippen LogP contribution in [0.1, 0.15) is 35.7 Å². The second kappa shape index (κ2) is 4.79. The first kappa shape index (κ1) is 12.2. The minimum Gasteiger partial charge on any atom is -0.508 e. The van der Waals surface area contributed by atoms with Gasteiger partial charge in [0.25, 0.3) is 0 Å². The molecule has 0 saturated heterocycles. The van der Waals surface area contributed by atoms with Crippen LogP contribution in [-0.2, 0) is 4.79 Å². The molecule has 0 saturated carbocycles.